The number of hydrogen-bond donors (Lipinski definition) is 2. The van der Waals surface area contributed by atoms with Crippen LogP contribution in [0.15, 0.2) is 97.2 Å². The van der Waals surface area contributed by atoms with Gasteiger partial charge in [0.25, 0.3) is 0 Å². The Bertz CT molecular complexity index is 1630. The average Bonchev–Trinajstić information content (AvgIpc) is 3.53. The molecule has 2 aromatic heterocycles. The smallest absolute Gasteiger partial charge is 0.410 e. The zero-order valence-corrected chi connectivity index (χ0v) is 24.1. The predicted octanol–water partition coefficient (Wildman–Crippen LogP) is 6.67. The number of methoxy groups -OCH3 is 1. The van der Waals surface area contributed by atoms with Crippen LogP contribution in [-0.4, -0.2) is 51.1 Å². The van der Waals surface area contributed by atoms with Gasteiger partial charge in [-0.15, -0.1) is 0 Å². The monoisotopic (exact) mass is 574 g/mol. The van der Waals surface area contributed by atoms with E-state index in [1.165, 1.54) is 0 Å². The van der Waals surface area contributed by atoms with Crippen molar-refractivity contribution in [2.45, 2.75) is 31.9 Å². The molecule has 9 nitrogen and oxygen atoms in total. The van der Waals surface area contributed by atoms with Crippen LogP contribution in [0.25, 0.3) is 22.6 Å². The molecule has 2 N–H and O–H groups in total. The number of anilines is 1. The summed E-state index contributed by atoms with van der Waals surface area (Å²) in [6.45, 7) is 2.08. The van der Waals surface area contributed by atoms with E-state index in [1.54, 1.807) is 18.2 Å². The van der Waals surface area contributed by atoms with Crippen LogP contribution in [0.5, 0.6) is 5.75 Å². The maximum atomic E-state index is 12.7. The lowest BCUT2D eigenvalue weighted by atomic mass is 9.96. The minimum Gasteiger partial charge on any atom is -0.497 e. The van der Waals surface area contributed by atoms with Crippen molar-refractivity contribution in [2.75, 3.05) is 25.5 Å². The third-order valence-corrected chi connectivity index (χ3v) is 7.64. The summed E-state index contributed by atoms with van der Waals surface area (Å²) < 4.78 is 10.8. The Labute approximate surface area is 251 Å². The number of aromatic amines is 1. The van der Waals surface area contributed by atoms with Crippen molar-refractivity contribution in [3.63, 3.8) is 0 Å². The Morgan fingerprint density at radius 2 is 1.63 bits per heavy atom. The molecule has 6 rings (SSSR count). The van der Waals surface area contributed by atoms with E-state index in [1.807, 2.05) is 78.9 Å². The Morgan fingerprint density at radius 3 is 2.35 bits per heavy atom. The summed E-state index contributed by atoms with van der Waals surface area (Å²) in [6.07, 6.45) is 3.07. The molecule has 9 heteroatoms. The van der Waals surface area contributed by atoms with Crippen molar-refractivity contribution in [2.24, 2.45) is 0 Å². The lowest BCUT2D eigenvalue weighted by Gasteiger charge is -2.30. The Kier molecular flexibility index (Phi) is 8.59. The van der Waals surface area contributed by atoms with E-state index in [0.29, 0.717) is 25.6 Å². The highest BCUT2D eigenvalue weighted by atomic mass is 16.6. The molecule has 0 atom stereocenters. The maximum Gasteiger partial charge on any atom is 0.410 e. The number of amides is 1. The third kappa shape index (κ3) is 6.83. The maximum absolute atomic E-state index is 12.7. The molecule has 0 radical (unpaired) electrons. The van der Waals surface area contributed by atoms with Gasteiger partial charge in [0.2, 0.25) is 5.95 Å². The number of hydrogen-bond acceptors (Lipinski definition) is 7. The minimum atomic E-state index is -0.275. The van der Waals surface area contributed by atoms with Gasteiger partial charge < -0.3 is 24.7 Å². The van der Waals surface area contributed by atoms with Gasteiger partial charge in [-0.2, -0.15) is 0 Å². The van der Waals surface area contributed by atoms with Crippen molar-refractivity contribution in [3.05, 3.63) is 114 Å². The van der Waals surface area contributed by atoms with Gasteiger partial charge in [0, 0.05) is 37.3 Å². The summed E-state index contributed by atoms with van der Waals surface area (Å²) in [5, 5.41) is 3.33. The first-order valence-electron chi connectivity index (χ1n) is 14.5. The van der Waals surface area contributed by atoms with Gasteiger partial charge in [0.05, 0.1) is 24.2 Å². The molecule has 1 aliphatic heterocycles. The van der Waals surface area contributed by atoms with Gasteiger partial charge in [0.15, 0.2) is 0 Å². The van der Waals surface area contributed by atoms with Crippen LogP contribution in [0.1, 0.15) is 35.7 Å². The second-order valence-electron chi connectivity index (χ2n) is 10.5. The second kappa shape index (κ2) is 13.2. The number of nitrogens with one attached hydrogen (secondary N) is 2. The number of carbonyl (C=O) groups is 1. The molecular formula is C34H34N6O3. The zero-order valence-electron chi connectivity index (χ0n) is 24.1. The number of benzene rings is 3. The molecule has 0 bridgehead atoms. The fourth-order valence-electron chi connectivity index (χ4n) is 5.23. The van der Waals surface area contributed by atoms with Crippen LogP contribution in [-0.2, 0) is 17.9 Å². The van der Waals surface area contributed by atoms with Gasteiger partial charge in [-0.3, -0.25) is 0 Å². The summed E-state index contributed by atoms with van der Waals surface area (Å²) in [4.78, 5) is 32.4. The van der Waals surface area contributed by atoms with E-state index in [4.69, 9.17) is 19.4 Å². The number of ether oxygens (including phenoxy) is 2. The highest BCUT2D eigenvalue weighted by Crippen LogP contribution is 2.34. The molecule has 1 fully saturated rings. The number of imidazole rings is 1. The first-order chi connectivity index (χ1) is 21.2. The average molecular weight is 575 g/mol. The number of nitrogens with zero attached hydrogens (tertiary/aromatic N) is 4. The lowest BCUT2D eigenvalue weighted by molar-refractivity contribution is 0.0866. The standard InChI is InChI=1S/C34H34N6O3/c1-42-28-14-12-24(13-15-28)22-36-33-35-19-16-29(37-33)31-30(26-10-6-3-7-11-26)38-32(39-31)27-17-20-40(21-18-27)34(41)43-23-25-8-4-2-5-9-25/h2-16,19,27H,17-18,20-23H2,1H3,(H,38,39)(H,35,36,37). The number of aromatic nitrogens is 4. The highest BCUT2D eigenvalue weighted by molar-refractivity contribution is 5.77. The number of H-pyrrole nitrogens is 1. The van der Waals surface area contributed by atoms with Gasteiger partial charge in [-0.1, -0.05) is 72.8 Å². The van der Waals surface area contributed by atoms with Crippen molar-refractivity contribution in [3.8, 4) is 28.4 Å². The molecule has 1 saturated heterocycles. The number of rotatable bonds is 9. The van der Waals surface area contributed by atoms with Crippen LogP contribution in [0.3, 0.4) is 0 Å². The predicted molar refractivity (Wildman–Crippen MR) is 166 cm³/mol. The van der Waals surface area contributed by atoms with E-state index in [-0.39, 0.29) is 18.6 Å². The largest absolute Gasteiger partial charge is 0.497 e. The van der Waals surface area contributed by atoms with Gasteiger partial charge >= 0.3 is 6.09 Å². The van der Waals surface area contributed by atoms with Crippen molar-refractivity contribution < 1.29 is 14.3 Å². The molecule has 43 heavy (non-hydrogen) atoms. The van der Waals surface area contributed by atoms with Crippen molar-refractivity contribution in [1.29, 1.82) is 0 Å². The fraction of sp³-hybridized carbons (Fsp3) is 0.235. The molecule has 1 aliphatic rings. The number of carbonyl (C=O) groups excluding carboxylic acids is 1. The molecule has 0 aliphatic carbocycles. The van der Waals surface area contributed by atoms with Crippen LogP contribution in [0.4, 0.5) is 10.7 Å². The Morgan fingerprint density at radius 1 is 0.907 bits per heavy atom. The SMILES string of the molecule is COc1ccc(CNc2nccc(-c3[nH]c(C4CCN(C(=O)OCc5ccccc5)CC4)nc3-c3ccccc3)n2)cc1. The first kappa shape index (κ1) is 28.0. The topological polar surface area (TPSA) is 105 Å². The van der Waals surface area contributed by atoms with E-state index < -0.39 is 0 Å². The molecule has 3 aromatic carbocycles. The first-order valence-corrected chi connectivity index (χ1v) is 14.5. The van der Waals surface area contributed by atoms with Crippen LogP contribution >= 0.6 is 0 Å². The van der Waals surface area contributed by atoms with Crippen molar-refractivity contribution in [1.82, 2.24) is 24.8 Å². The van der Waals surface area contributed by atoms with Gasteiger partial charge in [0.1, 0.15) is 18.2 Å². The molecule has 1 amide bonds. The minimum absolute atomic E-state index is 0.184. The van der Waals surface area contributed by atoms with E-state index in [0.717, 1.165) is 58.2 Å². The van der Waals surface area contributed by atoms with E-state index in [9.17, 15) is 4.79 Å². The normalized spacial score (nSPS) is 13.5. The molecule has 3 heterocycles. The summed E-state index contributed by atoms with van der Waals surface area (Å²) in [5.74, 6) is 2.44. The summed E-state index contributed by atoms with van der Waals surface area (Å²) in [5.41, 5.74) is 5.53. The third-order valence-electron chi connectivity index (χ3n) is 7.64. The number of likely N-dealkylation sites (tertiary alicyclic amines) is 1. The van der Waals surface area contributed by atoms with Crippen LogP contribution < -0.4 is 10.1 Å². The molecule has 0 unspecified atom stereocenters. The molecule has 0 saturated carbocycles. The Hall–Kier alpha value is -5.18. The zero-order chi connectivity index (χ0) is 29.4. The highest BCUT2D eigenvalue weighted by Gasteiger charge is 2.28. The summed E-state index contributed by atoms with van der Waals surface area (Å²) in [7, 11) is 1.66. The summed E-state index contributed by atoms with van der Waals surface area (Å²) in [6, 6.07) is 29.7. The van der Waals surface area contributed by atoms with E-state index in [2.05, 4.69) is 27.4 Å². The quantitative estimate of drug-likeness (QED) is 0.203. The van der Waals surface area contributed by atoms with Gasteiger partial charge in [-0.25, -0.2) is 19.7 Å². The van der Waals surface area contributed by atoms with Gasteiger partial charge in [-0.05, 0) is 42.2 Å². The molecule has 5 aromatic rings. The molecule has 218 valence electrons. The van der Waals surface area contributed by atoms with Crippen molar-refractivity contribution >= 4 is 12.0 Å². The Balaban J connectivity index is 1.16. The number of piperidine rings is 1. The lowest BCUT2D eigenvalue weighted by Crippen LogP contribution is -2.38. The molecular weight excluding hydrogens is 540 g/mol. The van der Waals surface area contributed by atoms with Crippen LogP contribution in [0, 0.1) is 0 Å². The van der Waals surface area contributed by atoms with E-state index >= 15 is 0 Å². The summed E-state index contributed by atoms with van der Waals surface area (Å²) >= 11 is 0. The molecule has 0 spiro atoms. The second-order valence-corrected chi connectivity index (χ2v) is 10.5. The fourth-order valence-corrected chi connectivity index (χ4v) is 5.23. The van der Waals surface area contributed by atoms with Crippen LogP contribution in [0.2, 0.25) is 0 Å².